The van der Waals surface area contributed by atoms with Gasteiger partial charge in [-0.2, -0.15) is 0 Å². The molecule has 0 bridgehead atoms. The van der Waals surface area contributed by atoms with Crippen molar-refractivity contribution in [1.82, 2.24) is 0 Å². The number of aliphatic carboxylic acids is 6. The highest BCUT2D eigenvalue weighted by Crippen LogP contribution is 1.99. The zero-order chi connectivity index (χ0) is 20.9. The van der Waals surface area contributed by atoms with Crippen molar-refractivity contribution in [2.45, 2.75) is 25.0 Å². The fraction of sp³-hybridized carbons (Fsp3) is 0.500. The van der Waals surface area contributed by atoms with E-state index < -0.39 is 74.1 Å². The van der Waals surface area contributed by atoms with E-state index in [1.54, 1.807) is 0 Å². The molecule has 148 valence electrons. The SMILES string of the molecule is O=C(O)COC(CC(=O)O)C(=O)O.O=C(O)COC(CC(=O)O)C(=O)O. The van der Waals surface area contributed by atoms with Gasteiger partial charge in [0.25, 0.3) is 0 Å². The topological polar surface area (TPSA) is 242 Å². The Bertz CT molecular complexity index is 490. The summed E-state index contributed by atoms with van der Waals surface area (Å²) in [5.41, 5.74) is 0. The van der Waals surface area contributed by atoms with Gasteiger partial charge in [-0.1, -0.05) is 0 Å². The molecule has 2 atom stereocenters. The van der Waals surface area contributed by atoms with Crippen LogP contribution in [0.4, 0.5) is 0 Å². The van der Waals surface area contributed by atoms with Gasteiger partial charge in [0.05, 0.1) is 12.8 Å². The standard InChI is InChI=1S/2C6H8O7/c2*7-4(8)1-3(6(11)12)13-2-5(9)10/h2*3H,1-2H2,(H,7,8)(H,9,10)(H,11,12). The highest BCUT2D eigenvalue weighted by Gasteiger charge is 2.23. The minimum absolute atomic E-state index is 0.761. The van der Waals surface area contributed by atoms with Gasteiger partial charge in [0.1, 0.15) is 13.2 Å². The predicted molar refractivity (Wildman–Crippen MR) is 74.5 cm³/mol. The third-order valence-corrected chi connectivity index (χ3v) is 2.09. The quantitative estimate of drug-likeness (QED) is 0.214. The third kappa shape index (κ3) is 15.6. The van der Waals surface area contributed by atoms with Crippen LogP contribution in [0.25, 0.3) is 0 Å². The number of carboxylic acid groups (broad SMARTS) is 6. The second-order valence-electron chi connectivity index (χ2n) is 4.26. The van der Waals surface area contributed by atoms with Crippen molar-refractivity contribution in [3.05, 3.63) is 0 Å². The molecule has 0 aliphatic rings. The van der Waals surface area contributed by atoms with Gasteiger partial charge >= 0.3 is 35.8 Å². The molecule has 0 saturated heterocycles. The van der Waals surface area contributed by atoms with E-state index in [2.05, 4.69) is 9.47 Å². The second kappa shape index (κ2) is 13.1. The summed E-state index contributed by atoms with van der Waals surface area (Å²) in [5.74, 6) is -8.42. The summed E-state index contributed by atoms with van der Waals surface area (Å²) >= 11 is 0. The van der Waals surface area contributed by atoms with E-state index in [4.69, 9.17) is 30.6 Å². The fourth-order valence-corrected chi connectivity index (χ4v) is 1.10. The summed E-state index contributed by atoms with van der Waals surface area (Å²) in [4.78, 5) is 60.6. The number of hydrogen-bond donors (Lipinski definition) is 6. The maximum Gasteiger partial charge on any atom is 0.333 e. The van der Waals surface area contributed by atoms with Crippen LogP contribution in [0.3, 0.4) is 0 Å². The van der Waals surface area contributed by atoms with Crippen LogP contribution >= 0.6 is 0 Å². The Kier molecular flexibility index (Phi) is 12.6. The Balaban J connectivity index is 0. The van der Waals surface area contributed by atoms with Crippen molar-refractivity contribution in [2.24, 2.45) is 0 Å². The van der Waals surface area contributed by atoms with Gasteiger partial charge in [-0.25, -0.2) is 19.2 Å². The fourth-order valence-electron chi connectivity index (χ4n) is 1.10. The summed E-state index contributed by atoms with van der Waals surface area (Å²) in [7, 11) is 0. The average Bonchev–Trinajstić information content (AvgIpc) is 2.46. The Hall–Kier alpha value is -3.26. The van der Waals surface area contributed by atoms with E-state index in [1.165, 1.54) is 0 Å². The zero-order valence-electron chi connectivity index (χ0n) is 12.9. The molecule has 2 unspecified atom stereocenters. The molecule has 0 aliphatic carbocycles. The highest BCUT2D eigenvalue weighted by atomic mass is 16.5. The van der Waals surface area contributed by atoms with E-state index in [0.29, 0.717) is 0 Å². The van der Waals surface area contributed by atoms with Crippen LogP contribution in [0, 0.1) is 0 Å². The van der Waals surface area contributed by atoms with Gasteiger partial charge in [-0.3, -0.25) is 9.59 Å². The first-order valence-electron chi connectivity index (χ1n) is 6.42. The summed E-state index contributed by atoms with van der Waals surface area (Å²) < 4.78 is 8.59. The van der Waals surface area contributed by atoms with Gasteiger partial charge in [-0.05, 0) is 0 Å². The number of rotatable bonds is 12. The van der Waals surface area contributed by atoms with Crippen molar-refractivity contribution in [2.75, 3.05) is 13.2 Å². The molecular formula is C12H16O14. The second-order valence-corrected chi connectivity index (χ2v) is 4.26. The van der Waals surface area contributed by atoms with Crippen LogP contribution in [0.5, 0.6) is 0 Å². The van der Waals surface area contributed by atoms with Crippen molar-refractivity contribution < 1.29 is 68.9 Å². The number of hydrogen-bond acceptors (Lipinski definition) is 8. The monoisotopic (exact) mass is 384 g/mol. The molecule has 0 amide bonds. The van der Waals surface area contributed by atoms with E-state index in [-0.39, 0.29) is 0 Å². The summed E-state index contributed by atoms with van der Waals surface area (Å²) in [5, 5.41) is 49.3. The molecule has 0 rings (SSSR count). The molecule has 0 aliphatic heterocycles. The molecule has 0 fully saturated rings. The van der Waals surface area contributed by atoms with Gasteiger partial charge in [0, 0.05) is 0 Å². The Morgan fingerprint density at radius 3 is 0.962 bits per heavy atom. The van der Waals surface area contributed by atoms with E-state index >= 15 is 0 Å². The lowest BCUT2D eigenvalue weighted by Gasteiger charge is -2.08. The smallest absolute Gasteiger partial charge is 0.333 e. The maximum atomic E-state index is 10.3. The third-order valence-electron chi connectivity index (χ3n) is 2.09. The molecule has 0 heterocycles. The molecule has 0 radical (unpaired) electrons. The minimum Gasteiger partial charge on any atom is -0.481 e. The predicted octanol–water partition coefficient (Wildman–Crippen LogP) is -1.97. The van der Waals surface area contributed by atoms with Gasteiger partial charge in [0.2, 0.25) is 0 Å². The van der Waals surface area contributed by atoms with Crippen LogP contribution in [-0.2, 0) is 38.2 Å². The van der Waals surface area contributed by atoms with Gasteiger partial charge < -0.3 is 40.1 Å². The lowest BCUT2D eigenvalue weighted by Crippen LogP contribution is -2.29. The largest absolute Gasteiger partial charge is 0.481 e. The molecule has 0 saturated carbocycles. The molecule has 26 heavy (non-hydrogen) atoms. The van der Waals surface area contributed by atoms with E-state index in [0.717, 1.165) is 0 Å². The molecule has 14 heteroatoms. The van der Waals surface area contributed by atoms with Crippen molar-refractivity contribution in [3.63, 3.8) is 0 Å². The Morgan fingerprint density at radius 1 is 0.538 bits per heavy atom. The Labute approximate surface area is 144 Å². The summed E-state index contributed by atoms with van der Waals surface area (Å²) in [6.45, 7) is -1.66. The minimum atomic E-state index is -1.62. The lowest BCUT2D eigenvalue weighted by atomic mass is 10.2. The molecule has 6 N–H and O–H groups in total. The first-order chi connectivity index (χ1) is 11.9. The van der Waals surface area contributed by atoms with Crippen LogP contribution in [0.1, 0.15) is 12.8 Å². The van der Waals surface area contributed by atoms with Crippen LogP contribution in [-0.4, -0.2) is 91.9 Å². The molecule has 0 aromatic carbocycles. The number of carbonyl (C=O) groups is 6. The van der Waals surface area contributed by atoms with Crippen LogP contribution in [0.15, 0.2) is 0 Å². The highest BCUT2D eigenvalue weighted by molar-refractivity contribution is 5.80. The Morgan fingerprint density at radius 2 is 0.808 bits per heavy atom. The van der Waals surface area contributed by atoms with Crippen LogP contribution < -0.4 is 0 Å². The van der Waals surface area contributed by atoms with E-state index in [9.17, 15) is 28.8 Å². The van der Waals surface area contributed by atoms with Gasteiger partial charge in [0.15, 0.2) is 12.2 Å². The van der Waals surface area contributed by atoms with Gasteiger partial charge in [-0.15, -0.1) is 0 Å². The summed E-state index contributed by atoms with van der Waals surface area (Å²) in [6.07, 6.45) is -4.76. The lowest BCUT2D eigenvalue weighted by molar-refractivity contribution is -0.162. The number of carboxylic acids is 6. The summed E-state index contributed by atoms with van der Waals surface area (Å²) in [6, 6.07) is 0. The number of ether oxygens (including phenoxy) is 2. The molecular weight excluding hydrogens is 368 g/mol. The molecule has 0 aromatic heterocycles. The molecule has 14 nitrogen and oxygen atoms in total. The molecule has 0 aromatic rings. The first kappa shape index (κ1) is 25.0. The first-order valence-corrected chi connectivity index (χ1v) is 6.42. The van der Waals surface area contributed by atoms with Crippen molar-refractivity contribution in [3.8, 4) is 0 Å². The zero-order valence-corrected chi connectivity index (χ0v) is 12.9. The average molecular weight is 384 g/mol. The molecule has 0 spiro atoms. The maximum absolute atomic E-state index is 10.3. The normalized spacial score (nSPS) is 12.0. The van der Waals surface area contributed by atoms with E-state index in [1.807, 2.05) is 0 Å². The van der Waals surface area contributed by atoms with Crippen molar-refractivity contribution in [1.29, 1.82) is 0 Å². The van der Waals surface area contributed by atoms with Crippen LogP contribution in [0.2, 0.25) is 0 Å². The van der Waals surface area contributed by atoms with Crippen molar-refractivity contribution >= 4 is 35.8 Å².